The molecule has 10 nitrogen and oxygen atoms in total. The number of amides is 2. The van der Waals surface area contributed by atoms with E-state index in [0.717, 1.165) is 37.0 Å². The van der Waals surface area contributed by atoms with Crippen molar-refractivity contribution in [1.29, 1.82) is 0 Å². The lowest BCUT2D eigenvalue weighted by Crippen LogP contribution is -2.46. The maximum atomic E-state index is 11.0. The van der Waals surface area contributed by atoms with Gasteiger partial charge in [-0.25, -0.2) is 19.7 Å². The summed E-state index contributed by atoms with van der Waals surface area (Å²) in [4.78, 5) is 31.0. The maximum Gasteiger partial charge on any atom is 0.312 e. The first-order valence-electron chi connectivity index (χ1n) is 9.73. The van der Waals surface area contributed by atoms with Gasteiger partial charge in [-0.1, -0.05) is 0 Å². The number of aromatic nitrogens is 5. The average molecular weight is 395 g/mol. The average Bonchev–Trinajstić information content (AvgIpc) is 3.12. The van der Waals surface area contributed by atoms with Crippen LogP contribution in [0.15, 0.2) is 30.9 Å². The Bertz CT molecular complexity index is 1010. The molecule has 4 rings (SSSR count). The van der Waals surface area contributed by atoms with Crippen molar-refractivity contribution in [2.75, 3.05) is 23.3 Å². The number of nitrogens with one attached hydrogen (secondary N) is 2. The molecule has 0 saturated carbocycles. The lowest BCUT2D eigenvalue weighted by molar-refractivity contribution is 0.242. The molecule has 2 amide bonds. The van der Waals surface area contributed by atoms with Crippen LogP contribution in [0.25, 0.3) is 11.0 Å². The highest BCUT2D eigenvalue weighted by Gasteiger charge is 2.21. The van der Waals surface area contributed by atoms with Crippen LogP contribution in [0.2, 0.25) is 0 Å². The number of nitrogens with zero attached hydrogens (tertiary/aromatic N) is 6. The van der Waals surface area contributed by atoms with Gasteiger partial charge >= 0.3 is 6.03 Å². The zero-order chi connectivity index (χ0) is 20.4. The summed E-state index contributed by atoms with van der Waals surface area (Å²) in [6, 6.07) is 3.73. The van der Waals surface area contributed by atoms with E-state index >= 15 is 0 Å². The number of primary amides is 1. The molecule has 0 bridgehead atoms. The molecule has 0 spiro atoms. The fourth-order valence-electron chi connectivity index (χ4n) is 3.54. The topological polar surface area (TPSA) is 127 Å². The zero-order valence-electron chi connectivity index (χ0n) is 16.5. The van der Waals surface area contributed by atoms with Crippen molar-refractivity contribution in [2.45, 2.75) is 38.8 Å². The Balaban J connectivity index is 1.47. The second kappa shape index (κ2) is 7.90. The Morgan fingerprint density at radius 1 is 1.21 bits per heavy atom. The van der Waals surface area contributed by atoms with E-state index in [-0.39, 0.29) is 6.04 Å². The van der Waals surface area contributed by atoms with Gasteiger partial charge in [0, 0.05) is 37.4 Å². The van der Waals surface area contributed by atoms with Crippen molar-refractivity contribution in [2.24, 2.45) is 5.73 Å². The molecule has 3 aromatic rings. The number of piperidine rings is 1. The smallest absolute Gasteiger partial charge is 0.312 e. The fourth-order valence-corrected chi connectivity index (χ4v) is 3.54. The monoisotopic (exact) mass is 395 g/mol. The van der Waals surface area contributed by atoms with E-state index in [9.17, 15) is 4.79 Å². The number of urea groups is 1. The summed E-state index contributed by atoms with van der Waals surface area (Å²) in [7, 11) is 0. The fraction of sp³-hybridized carbons (Fsp3) is 0.421. The van der Waals surface area contributed by atoms with Crippen LogP contribution in [0, 0.1) is 0 Å². The third-order valence-electron chi connectivity index (χ3n) is 5.04. The standard InChI is InChI=1S/C19H25N9O/c1-12(2)28-11-23-14-10-22-17(9-15(14)28)25-16-3-6-21-19(26-16)27-7-4-13(5-8-27)24-18(20)29/h3,6,9-13H,4-5,7-8H2,1-2H3,(H3,20,24,29)(H,21,22,25,26). The van der Waals surface area contributed by atoms with Crippen LogP contribution in [0.3, 0.4) is 0 Å². The number of fused-ring (bicyclic) bond motifs is 1. The summed E-state index contributed by atoms with van der Waals surface area (Å²) in [5.41, 5.74) is 7.09. The third-order valence-corrected chi connectivity index (χ3v) is 5.04. The van der Waals surface area contributed by atoms with Crippen LogP contribution in [-0.4, -0.2) is 49.7 Å². The molecule has 1 fully saturated rings. The first-order valence-corrected chi connectivity index (χ1v) is 9.73. The Kier molecular flexibility index (Phi) is 5.15. The number of pyridine rings is 1. The van der Waals surface area contributed by atoms with Crippen molar-refractivity contribution in [1.82, 2.24) is 29.8 Å². The molecule has 1 saturated heterocycles. The van der Waals surface area contributed by atoms with Crippen molar-refractivity contribution in [3.05, 3.63) is 30.9 Å². The van der Waals surface area contributed by atoms with Gasteiger partial charge in [-0.15, -0.1) is 0 Å². The minimum atomic E-state index is -0.478. The summed E-state index contributed by atoms with van der Waals surface area (Å²) in [6.07, 6.45) is 6.94. The molecular weight excluding hydrogens is 370 g/mol. The molecule has 0 unspecified atom stereocenters. The molecule has 29 heavy (non-hydrogen) atoms. The van der Waals surface area contributed by atoms with E-state index in [1.165, 1.54) is 0 Å². The van der Waals surface area contributed by atoms with Crippen LogP contribution < -0.4 is 21.3 Å². The van der Waals surface area contributed by atoms with Crippen LogP contribution >= 0.6 is 0 Å². The molecule has 0 aliphatic carbocycles. The molecule has 0 atom stereocenters. The summed E-state index contributed by atoms with van der Waals surface area (Å²) in [6.45, 7) is 5.75. The van der Waals surface area contributed by atoms with E-state index < -0.39 is 6.03 Å². The van der Waals surface area contributed by atoms with Gasteiger partial charge in [-0.2, -0.15) is 4.98 Å². The number of carbonyl (C=O) groups excluding carboxylic acids is 1. The van der Waals surface area contributed by atoms with E-state index in [0.29, 0.717) is 23.6 Å². The Labute approximate surface area is 168 Å². The van der Waals surface area contributed by atoms with Gasteiger partial charge in [-0.05, 0) is 32.8 Å². The van der Waals surface area contributed by atoms with Crippen LogP contribution in [0.1, 0.15) is 32.7 Å². The van der Waals surface area contributed by atoms with Crippen LogP contribution in [0.4, 0.5) is 22.4 Å². The summed E-state index contributed by atoms with van der Waals surface area (Å²) in [5, 5.41) is 6.03. The normalized spacial score (nSPS) is 15.1. The quantitative estimate of drug-likeness (QED) is 0.604. The Morgan fingerprint density at radius 2 is 2.00 bits per heavy atom. The second-order valence-corrected chi connectivity index (χ2v) is 7.44. The molecule has 10 heteroatoms. The van der Waals surface area contributed by atoms with Crippen molar-refractivity contribution >= 4 is 34.6 Å². The third kappa shape index (κ3) is 4.20. The number of hydrogen-bond donors (Lipinski definition) is 3. The highest BCUT2D eigenvalue weighted by molar-refractivity contribution is 5.78. The molecule has 0 radical (unpaired) electrons. The lowest BCUT2D eigenvalue weighted by Gasteiger charge is -2.32. The van der Waals surface area contributed by atoms with Gasteiger partial charge in [0.1, 0.15) is 17.2 Å². The van der Waals surface area contributed by atoms with E-state index in [4.69, 9.17) is 5.73 Å². The lowest BCUT2D eigenvalue weighted by atomic mass is 10.1. The van der Waals surface area contributed by atoms with Gasteiger partial charge in [0.2, 0.25) is 5.95 Å². The Morgan fingerprint density at radius 3 is 2.72 bits per heavy atom. The number of carbonyl (C=O) groups is 1. The molecule has 1 aliphatic heterocycles. The zero-order valence-corrected chi connectivity index (χ0v) is 16.5. The van der Waals surface area contributed by atoms with Gasteiger partial charge in [0.25, 0.3) is 0 Å². The van der Waals surface area contributed by atoms with Crippen molar-refractivity contribution in [3.63, 3.8) is 0 Å². The Hall–Kier alpha value is -3.43. The first-order chi connectivity index (χ1) is 14.0. The second-order valence-electron chi connectivity index (χ2n) is 7.44. The summed E-state index contributed by atoms with van der Waals surface area (Å²) >= 11 is 0. The van der Waals surface area contributed by atoms with Gasteiger partial charge in [-0.3, -0.25) is 0 Å². The predicted molar refractivity (Wildman–Crippen MR) is 111 cm³/mol. The number of anilines is 3. The largest absolute Gasteiger partial charge is 0.352 e. The molecule has 0 aromatic carbocycles. The SMILES string of the molecule is CC(C)n1cnc2cnc(Nc3ccnc(N4CCC(NC(N)=O)CC4)n3)cc21. The van der Waals surface area contributed by atoms with Crippen LogP contribution in [-0.2, 0) is 0 Å². The van der Waals surface area contributed by atoms with Gasteiger partial charge < -0.3 is 25.8 Å². The molecule has 1 aliphatic rings. The molecule has 3 aromatic heterocycles. The minimum Gasteiger partial charge on any atom is -0.352 e. The predicted octanol–water partition coefficient (Wildman–Crippen LogP) is 2.18. The van der Waals surface area contributed by atoms with E-state index in [1.54, 1.807) is 12.4 Å². The number of rotatable bonds is 5. The van der Waals surface area contributed by atoms with Gasteiger partial charge in [0.05, 0.1) is 18.0 Å². The number of imidazole rings is 1. The van der Waals surface area contributed by atoms with Crippen molar-refractivity contribution in [3.8, 4) is 0 Å². The first kappa shape index (κ1) is 18.9. The molecule has 4 N–H and O–H groups in total. The van der Waals surface area contributed by atoms with Crippen molar-refractivity contribution < 1.29 is 4.79 Å². The maximum absolute atomic E-state index is 11.0. The highest BCUT2D eigenvalue weighted by atomic mass is 16.2. The summed E-state index contributed by atoms with van der Waals surface area (Å²) < 4.78 is 2.11. The number of nitrogens with two attached hydrogens (primary N) is 1. The molecular formula is C19H25N9O. The van der Waals surface area contributed by atoms with E-state index in [1.807, 2.05) is 18.5 Å². The van der Waals surface area contributed by atoms with E-state index in [2.05, 4.69) is 53.9 Å². The van der Waals surface area contributed by atoms with Crippen LogP contribution in [0.5, 0.6) is 0 Å². The molecule has 4 heterocycles. The molecule has 152 valence electrons. The van der Waals surface area contributed by atoms with Gasteiger partial charge in [0.15, 0.2) is 0 Å². The highest BCUT2D eigenvalue weighted by Crippen LogP contribution is 2.22. The summed E-state index contributed by atoms with van der Waals surface area (Å²) in [5.74, 6) is 2.03. The number of hydrogen-bond acceptors (Lipinski definition) is 7. The minimum absolute atomic E-state index is 0.104.